The van der Waals surface area contributed by atoms with Gasteiger partial charge in [0.2, 0.25) is 0 Å². The van der Waals surface area contributed by atoms with Crippen molar-refractivity contribution in [3.05, 3.63) is 17.9 Å². The lowest BCUT2D eigenvalue weighted by molar-refractivity contribution is 0.112. The van der Waals surface area contributed by atoms with Crippen molar-refractivity contribution in [1.82, 2.24) is 0 Å². The van der Waals surface area contributed by atoms with Gasteiger partial charge in [0.1, 0.15) is 5.66 Å². The molecule has 1 radical (unpaired) electrons. The lowest BCUT2D eigenvalue weighted by Crippen LogP contribution is -2.31. The lowest BCUT2D eigenvalue weighted by atomic mass is 9.85. The predicted octanol–water partition coefficient (Wildman–Crippen LogP) is -2.72. The number of hydrogen-bond donors (Lipinski definition) is 4. The Morgan fingerprint density at radius 1 is 1.46 bits per heavy atom. The Bertz CT molecular complexity index is 247. The second kappa shape index (κ2) is 6.44. The van der Waals surface area contributed by atoms with Gasteiger partial charge in [-0.1, -0.05) is 0 Å². The van der Waals surface area contributed by atoms with Gasteiger partial charge >= 0.3 is 14.8 Å². The summed E-state index contributed by atoms with van der Waals surface area (Å²) in [5, 5.41) is 31.1. The van der Waals surface area contributed by atoms with Gasteiger partial charge in [-0.3, -0.25) is 4.79 Å². The van der Waals surface area contributed by atoms with E-state index in [1.165, 1.54) is 12.3 Å². The highest BCUT2D eigenvalue weighted by atomic mass is 16.4. The summed E-state index contributed by atoms with van der Waals surface area (Å²) < 4.78 is 4.59. The van der Waals surface area contributed by atoms with Crippen LogP contribution in [0.2, 0.25) is 0 Å². The Morgan fingerprint density at radius 2 is 2.00 bits per heavy atom. The molecule has 1 heterocycles. The van der Waals surface area contributed by atoms with Crippen LogP contribution in [0.3, 0.4) is 0 Å². The average molecular weight is 185 g/mol. The molecule has 0 saturated carbocycles. The third kappa shape index (κ3) is 3.90. The first-order valence-electron chi connectivity index (χ1n) is 3.16. The minimum atomic E-state index is -1.71. The Balaban J connectivity index is 0.000000424. The van der Waals surface area contributed by atoms with Crippen LogP contribution in [0, 0.1) is 0 Å². The average Bonchev–Trinajstić information content (AvgIpc) is 2.52. The number of carbonyl (C=O) groups is 1. The molecule has 0 fully saturated rings. The van der Waals surface area contributed by atoms with Crippen molar-refractivity contribution in [2.45, 2.75) is 0 Å². The Hall–Kier alpha value is -1.08. The fraction of sp³-hybridized carbons (Fsp3) is 0. The maximum absolute atomic E-state index is 10.1. The summed E-state index contributed by atoms with van der Waals surface area (Å²) in [6, 6.07) is 1.36. The molecule has 6 nitrogen and oxygen atoms in total. The van der Waals surface area contributed by atoms with Gasteiger partial charge < -0.3 is 24.5 Å². The smallest absolute Gasteiger partial charge is 0.472 e. The van der Waals surface area contributed by atoms with Crippen molar-refractivity contribution in [3.8, 4) is 0 Å². The summed E-state index contributed by atoms with van der Waals surface area (Å²) in [7, 11) is -1.71. The van der Waals surface area contributed by atoms with Crippen LogP contribution in [0.4, 0.5) is 0 Å². The molecule has 0 aliphatic carbocycles. The number of carbonyl (C=O) groups excluding carboxylic acids is 1. The second-order valence-corrected chi connectivity index (χ2v) is 1.85. The summed E-state index contributed by atoms with van der Waals surface area (Å²) in [4.78, 5) is 10.1. The molecule has 1 aromatic heterocycles. The molecule has 8 heteroatoms. The predicted molar refractivity (Wildman–Crippen MR) is 44.1 cm³/mol. The second-order valence-electron chi connectivity index (χ2n) is 1.85. The molecule has 0 amide bonds. The van der Waals surface area contributed by atoms with Crippen LogP contribution in [-0.2, 0) is 0 Å². The molecule has 0 aromatic carbocycles. The number of furan rings is 1. The summed E-state index contributed by atoms with van der Waals surface area (Å²) in [5.74, 6) is 0. The zero-order chi connectivity index (χ0) is 10.3. The quantitative estimate of drug-likeness (QED) is 0.294. The third-order valence-corrected chi connectivity index (χ3v) is 1.09. The van der Waals surface area contributed by atoms with E-state index in [1.807, 2.05) is 0 Å². The van der Waals surface area contributed by atoms with E-state index in [0.29, 0.717) is 6.29 Å². The normalized spacial score (nSPS) is 8.31. The zero-order valence-electron chi connectivity index (χ0n) is 6.49. The van der Waals surface area contributed by atoms with Gasteiger partial charge in [-0.15, -0.1) is 0 Å². The Labute approximate surface area is 74.9 Å². The van der Waals surface area contributed by atoms with E-state index in [0.717, 1.165) is 0 Å². The van der Waals surface area contributed by atoms with Crippen LogP contribution in [0.25, 0.3) is 0 Å². The van der Waals surface area contributed by atoms with E-state index < -0.39 is 7.12 Å². The molecule has 4 N–H and O–H groups in total. The highest BCUT2D eigenvalue weighted by Gasteiger charge is 2.19. The van der Waals surface area contributed by atoms with Gasteiger partial charge in [-0.2, -0.15) is 0 Å². The molecule has 0 bridgehead atoms. The van der Waals surface area contributed by atoms with Gasteiger partial charge in [0, 0.05) is 0 Å². The SMILES string of the molecule is O=Cc1ccoc1B(O)O.O[B]O. The zero-order valence-corrected chi connectivity index (χ0v) is 6.49. The van der Waals surface area contributed by atoms with Gasteiger partial charge in [0.15, 0.2) is 6.29 Å². The minimum Gasteiger partial charge on any atom is -0.472 e. The van der Waals surface area contributed by atoms with Gasteiger partial charge in [-0.25, -0.2) is 0 Å². The summed E-state index contributed by atoms with van der Waals surface area (Å²) in [6.07, 6.45) is 1.72. The standard InChI is InChI=1S/C5H5BO4.BH2O2/c7-3-4-1-2-10-5(4)6(8)9;2-1-3/h1-3,8-9H;2-3H. The fourth-order valence-electron chi connectivity index (χ4n) is 0.638. The molecule has 0 saturated heterocycles. The summed E-state index contributed by atoms with van der Waals surface area (Å²) in [6.45, 7) is 0. The maximum Gasteiger partial charge on any atom is 0.527 e. The van der Waals surface area contributed by atoms with Crippen molar-refractivity contribution >= 4 is 26.7 Å². The summed E-state index contributed by atoms with van der Waals surface area (Å²) >= 11 is 0. The van der Waals surface area contributed by atoms with Crippen LogP contribution < -0.4 is 5.66 Å². The van der Waals surface area contributed by atoms with E-state index in [1.54, 1.807) is 0 Å². The van der Waals surface area contributed by atoms with E-state index in [9.17, 15) is 4.79 Å². The number of rotatable bonds is 2. The molecule has 0 spiro atoms. The molecule has 0 aliphatic heterocycles. The molecular formula is C5H7B2O6. The van der Waals surface area contributed by atoms with Crippen molar-refractivity contribution in [2.75, 3.05) is 0 Å². The number of aldehydes is 1. The monoisotopic (exact) mass is 185 g/mol. The molecular weight excluding hydrogens is 178 g/mol. The Morgan fingerprint density at radius 3 is 2.31 bits per heavy atom. The molecule has 13 heavy (non-hydrogen) atoms. The minimum absolute atomic E-state index is 0. The van der Waals surface area contributed by atoms with Crippen LogP contribution in [-0.4, -0.2) is 41.2 Å². The molecule has 0 aliphatic rings. The van der Waals surface area contributed by atoms with Crippen molar-refractivity contribution < 1.29 is 29.3 Å². The van der Waals surface area contributed by atoms with E-state index in [-0.39, 0.29) is 18.9 Å². The summed E-state index contributed by atoms with van der Waals surface area (Å²) in [5.41, 5.74) is 0.0463. The van der Waals surface area contributed by atoms with Crippen molar-refractivity contribution in [2.24, 2.45) is 0 Å². The van der Waals surface area contributed by atoms with Gasteiger partial charge in [0.25, 0.3) is 0 Å². The number of hydrogen-bond acceptors (Lipinski definition) is 6. The van der Waals surface area contributed by atoms with Gasteiger partial charge in [-0.05, 0) is 6.07 Å². The lowest BCUT2D eigenvalue weighted by Gasteiger charge is -1.91. The van der Waals surface area contributed by atoms with E-state index in [2.05, 4.69) is 4.42 Å². The first-order chi connectivity index (χ1) is 6.17. The highest BCUT2D eigenvalue weighted by molar-refractivity contribution is 6.58. The topological polar surface area (TPSA) is 111 Å². The maximum atomic E-state index is 10.1. The van der Waals surface area contributed by atoms with Crippen LogP contribution in [0.5, 0.6) is 0 Å². The largest absolute Gasteiger partial charge is 0.527 e. The molecule has 1 rings (SSSR count). The van der Waals surface area contributed by atoms with Crippen molar-refractivity contribution in [3.63, 3.8) is 0 Å². The molecule has 1 aromatic rings. The van der Waals surface area contributed by atoms with Crippen molar-refractivity contribution in [1.29, 1.82) is 0 Å². The van der Waals surface area contributed by atoms with E-state index >= 15 is 0 Å². The van der Waals surface area contributed by atoms with Crippen LogP contribution in [0.15, 0.2) is 16.7 Å². The molecule has 69 valence electrons. The van der Waals surface area contributed by atoms with Crippen LogP contribution in [0.1, 0.15) is 10.4 Å². The van der Waals surface area contributed by atoms with Crippen LogP contribution >= 0.6 is 0 Å². The fourth-order valence-corrected chi connectivity index (χ4v) is 0.638. The first-order valence-corrected chi connectivity index (χ1v) is 3.16. The first kappa shape index (κ1) is 11.9. The Kier molecular flexibility index (Phi) is 5.90. The highest BCUT2D eigenvalue weighted by Crippen LogP contribution is 1.93. The third-order valence-electron chi connectivity index (χ3n) is 1.09. The molecule has 0 atom stereocenters. The molecule has 0 unspecified atom stereocenters. The van der Waals surface area contributed by atoms with E-state index in [4.69, 9.17) is 20.1 Å². The van der Waals surface area contributed by atoms with Gasteiger partial charge in [0.05, 0.1) is 11.8 Å².